The SMILES string of the molecule is CCOP(=O)(OCC)c1cc2ncnc(Cl)c2n1Cc1ccccc1. The Morgan fingerprint density at radius 2 is 1.80 bits per heavy atom. The maximum absolute atomic E-state index is 13.4. The lowest BCUT2D eigenvalue weighted by molar-refractivity contribution is 0.228. The second kappa shape index (κ2) is 7.67. The fourth-order valence-electron chi connectivity index (χ4n) is 2.70. The van der Waals surface area contributed by atoms with Crippen LogP contribution in [0, 0.1) is 0 Å². The summed E-state index contributed by atoms with van der Waals surface area (Å²) < 4.78 is 26.2. The van der Waals surface area contributed by atoms with Gasteiger partial charge in [-0.15, -0.1) is 0 Å². The van der Waals surface area contributed by atoms with Crippen molar-refractivity contribution in [1.82, 2.24) is 14.5 Å². The largest absolute Gasteiger partial charge is 0.377 e. The molecule has 0 bridgehead atoms. The van der Waals surface area contributed by atoms with Gasteiger partial charge >= 0.3 is 7.60 Å². The molecule has 0 aliphatic rings. The van der Waals surface area contributed by atoms with Crippen LogP contribution in [0.3, 0.4) is 0 Å². The number of nitrogens with zero attached hydrogens (tertiary/aromatic N) is 3. The van der Waals surface area contributed by atoms with Crippen molar-refractivity contribution >= 4 is 35.7 Å². The molecular weight excluding hydrogens is 361 g/mol. The molecule has 0 aliphatic heterocycles. The molecule has 0 aliphatic carbocycles. The zero-order chi connectivity index (χ0) is 17.9. The lowest BCUT2D eigenvalue weighted by Crippen LogP contribution is -2.21. The van der Waals surface area contributed by atoms with Crippen molar-refractivity contribution in [2.45, 2.75) is 20.4 Å². The van der Waals surface area contributed by atoms with Crippen LogP contribution >= 0.6 is 19.2 Å². The molecule has 0 amide bonds. The third-order valence-electron chi connectivity index (χ3n) is 3.68. The van der Waals surface area contributed by atoms with Gasteiger partial charge in [0.25, 0.3) is 0 Å². The number of rotatable bonds is 7. The molecule has 6 nitrogen and oxygen atoms in total. The maximum Gasteiger partial charge on any atom is 0.377 e. The molecule has 25 heavy (non-hydrogen) atoms. The minimum atomic E-state index is -3.50. The third kappa shape index (κ3) is 3.62. The summed E-state index contributed by atoms with van der Waals surface area (Å²) in [4.78, 5) is 8.31. The summed E-state index contributed by atoms with van der Waals surface area (Å²) in [5, 5.41) is 0.298. The minimum absolute atomic E-state index is 0.267. The average molecular weight is 380 g/mol. The van der Waals surface area contributed by atoms with Gasteiger partial charge < -0.3 is 13.6 Å². The number of hydrogen-bond donors (Lipinski definition) is 0. The first kappa shape index (κ1) is 18.1. The van der Waals surface area contributed by atoms with E-state index in [4.69, 9.17) is 20.6 Å². The number of aromatic nitrogens is 3. The van der Waals surface area contributed by atoms with Gasteiger partial charge in [-0.25, -0.2) is 9.97 Å². The summed E-state index contributed by atoms with van der Waals surface area (Å²) in [6.45, 7) is 4.55. The Hall–Kier alpha value is -1.72. The smallest absolute Gasteiger partial charge is 0.326 e. The summed E-state index contributed by atoms with van der Waals surface area (Å²) in [5.41, 5.74) is 2.67. The number of halogens is 1. The summed E-state index contributed by atoms with van der Waals surface area (Å²) in [6.07, 6.45) is 1.38. The van der Waals surface area contributed by atoms with Gasteiger partial charge in [-0.3, -0.25) is 4.57 Å². The van der Waals surface area contributed by atoms with Gasteiger partial charge in [0.1, 0.15) is 17.3 Å². The predicted octanol–water partition coefficient (Wildman–Crippen LogP) is 4.02. The Morgan fingerprint density at radius 3 is 2.44 bits per heavy atom. The van der Waals surface area contributed by atoms with Crippen molar-refractivity contribution in [1.29, 1.82) is 0 Å². The Kier molecular flexibility index (Phi) is 5.54. The molecule has 3 aromatic rings. The highest BCUT2D eigenvalue weighted by Crippen LogP contribution is 2.48. The zero-order valence-corrected chi connectivity index (χ0v) is 15.7. The van der Waals surface area contributed by atoms with Crippen LogP contribution in [0.2, 0.25) is 5.15 Å². The van der Waals surface area contributed by atoms with Crippen LogP contribution < -0.4 is 5.44 Å². The molecule has 2 heterocycles. The minimum Gasteiger partial charge on any atom is -0.326 e. The molecule has 0 radical (unpaired) electrons. The highest BCUT2D eigenvalue weighted by atomic mass is 35.5. The number of hydrogen-bond acceptors (Lipinski definition) is 5. The van der Waals surface area contributed by atoms with Crippen LogP contribution in [0.15, 0.2) is 42.7 Å². The van der Waals surface area contributed by atoms with Crippen LogP contribution in [0.4, 0.5) is 0 Å². The molecule has 8 heteroatoms. The van der Waals surface area contributed by atoms with Crippen molar-refractivity contribution in [3.63, 3.8) is 0 Å². The molecule has 0 unspecified atom stereocenters. The van der Waals surface area contributed by atoms with Crippen molar-refractivity contribution in [3.05, 3.63) is 53.4 Å². The van der Waals surface area contributed by atoms with Gasteiger partial charge in [0, 0.05) is 6.54 Å². The molecule has 3 rings (SSSR count). The van der Waals surface area contributed by atoms with E-state index >= 15 is 0 Å². The van der Waals surface area contributed by atoms with E-state index in [0.29, 0.717) is 28.2 Å². The summed E-state index contributed by atoms with van der Waals surface area (Å²) in [5.74, 6) is 0. The molecule has 0 N–H and O–H groups in total. The summed E-state index contributed by atoms with van der Waals surface area (Å²) in [7, 11) is -3.50. The normalized spacial score (nSPS) is 12.0. The first-order chi connectivity index (χ1) is 12.1. The molecule has 0 spiro atoms. The molecule has 0 saturated carbocycles. The van der Waals surface area contributed by atoms with E-state index < -0.39 is 7.60 Å². The zero-order valence-electron chi connectivity index (χ0n) is 14.1. The van der Waals surface area contributed by atoms with E-state index in [1.54, 1.807) is 19.9 Å². The van der Waals surface area contributed by atoms with E-state index in [1.807, 2.05) is 34.9 Å². The second-order valence-corrected chi connectivity index (χ2v) is 7.63. The van der Waals surface area contributed by atoms with Gasteiger partial charge in [0.15, 0.2) is 5.15 Å². The van der Waals surface area contributed by atoms with Crippen LogP contribution in [0.25, 0.3) is 11.0 Å². The Morgan fingerprint density at radius 1 is 1.12 bits per heavy atom. The lowest BCUT2D eigenvalue weighted by Gasteiger charge is -2.19. The van der Waals surface area contributed by atoms with Crippen LogP contribution in [-0.2, 0) is 20.2 Å². The number of benzene rings is 1. The Bertz CT molecular complexity index is 904. The molecular formula is C17H19ClN3O3P. The van der Waals surface area contributed by atoms with Crippen molar-refractivity contribution < 1.29 is 13.6 Å². The summed E-state index contributed by atoms with van der Waals surface area (Å²) in [6, 6.07) is 11.5. The third-order valence-corrected chi connectivity index (χ3v) is 6.08. The molecule has 0 saturated heterocycles. The second-order valence-electron chi connectivity index (χ2n) is 5.31. The molecule has 132 valence electrons. The predicted molar refractivity (Wildman–Crippen MR) is 98.6 cm³/mol. The van der Waals surface area contributed by atoms with Gasteiger partial charge in [0.05, 0.1) is 18.7 Å². The van der Waals surface area contributed by atoms with Crippen LogP contribution in [0.5, 0.6) is 0 Å². The van der Waals surface area contributed by atoms with Crippen LogP contribution in [-0.4, -0.2) is 27.7 Å². The van der Waals surface area contributed by atoms with E-state index in [-0.39, 0.29) is 13.2 Å². The fraction of sp³-hybridized carbons (Fsp3) is 0.294. The van der Waals surface area contributed by atoms with Crippen molar-refractivity contribution in [3.8, 4) is 0 Å². The van der Waals surface area contributed by atoms with Gasteiger partial charge in [-0.2, -0.15) is 0 Å². The van der Waals surface area contributed by atoms with Gasteiger partial charge in [-0.1, -0.05) is 41.9 Å². The van der Waals surface area contributed by atoms with E-state index in [2.05, 4.69) is 9.97 Å². The highest BCUT2D eigenvalue weighted by molar-refractivity contribution is 7.62. The standard InChI is InChI=1S/C17H19ClN3O3P/c1-3-23-25(22,24-4-2)15-10-14-16(17(18)20-12-19-14)21(15)11-13-8-6-5-7-9-13/h5-10,12H,3-4,11H2,1-2H3. The van der Waals surface area contributed by atoms with Crippen molar-refractivity contribution in [2.24, 2.45) is 0 Å². The molecule has 0 atom stereocenters. The van der Waals surface area contributed by atoms with E-state index in [9.17, 15) is 4.57 Å². The quantitative estimate of drug-likeness (QED) is 0.458. The van der Waals surface area contributed by atoms with E-state index in [0.717, 1.165) is 5.56 Å². The molecule has 0 fully saturated rings. The van der Waals surface area contributed by atoms with Crippen molar-refractivity contribution in [2.75, 3.05) is 13.2 Å². The first-order valence-electron chi connectivity index (χ1n) is 8.02. The van der Waals surface area contributed by atoms with E-state index in [1.165, 1.54) is 6.33 Å². The fourth-order valence-corrected chi connectivity index (χ4v) is 4.71. The van der Waals surface area contributed by atoms with Gasteiger partial charge in [0.2, 0.25) is 0 Å². The van der Waals surface area contributed by atoms with Gasteiger partial charge in [-0.05, 0) is 25.5 Å². The highest BCUT2D eigenvalue weighted by Gasteiger charge is 2.33. The molecule has 1 aromatic carbocycles. The molecule has 2 aromatic heterocycles. The Labute approximate surface area is 151 Å². The Balaban J connectivity index is 2.22. The lowest BCUT2D eigenvalue weighted by atomic mass is 10.2. The summed E-state index contributed by atoms with van der Waals surface area (Å²) >= 11 is 6.30. The maximum atomic E-state index is 13.4. The van der Waals surface area contributed by atoms with Crippen LogP contribution in [0.1, 0.15) is 19.4 Å². The first-order valence-corrected chi connectivity index (χ1v) is 9.94. The number of fused-ring (bicyclic) bond motifs is 1. The monoisotopic (exact) mass is 379 g/mol. The topological polar surface area (TPSA) is 66.2 Å². The average Bonchev–Trinajstić information content (AvgIpc) is 2.97.